The summed E-state index contributed by atoms with van der Waals surface area (Å²) in [6.45, 7) is 0.00738. The van der Waals surface area contributed by atoms with Gasteiger partial charge in [-0.25, -0.2) is 0 Å². The lowest BCUT2D eigenvalue weighted by molar-refractivity contribution is -0.123. The predicted molar refractivity (Wildman–Crippen MR) is 89.6 cm³/mol. The van der Waals surface area contributed by atoms with E-state index in [4.69, 9.17) is 16.3 Å². The second kappa shape index (κ2) is 7.07. The largest absolute Gasteiger partial charge is 0.484 e. The van der Waals surface area contributed by atoms with Crippen molar-refractivity contribution in [3.05, 3.63) is 59.1 Å². The van der Waals surface area contributed by atoms with Crippen LogP contribution in [-0.2, 0) is 4.79 Å². The molecule has 0 bridgehead atoms. The summed E-state index contributed by atoms with van der Waals surface area (Å²) >= 11 is 7.65. The molecule has 1 N–H and O–H groups in total. The highest BCUT2D eigenvalue weighted by molar-refractivity contribution is 7.99. The molecule has 0 fully saturated rings. The minimum Gasteiger partial charge on any atom is -0.484 e. The van der Waals surface area contributed by atoms with Crippen molar-refractivity contribution in [1.29, 1.82) is 0 Å². The maximum Gasteiger partial charge on any atom is 0.258 e. The quantitative estimate of drug-likeness (QED) is 0.916. The number of carbonyl (C=O) groups is 1. The van der Waals surface area contributed by atoms with Crippen LogP contribution in [0.25, 0.3) is 0 Å². The highest BCUT2D eigenvalue weighted by Crippen LogP contribution is 2.35. The molecule has 1 heterocycles. The molecule has 1 amide bonds. The Labute approximate surface area is 139 Å². The minimum absolute atomic E-state index is 0.00738. The van der Waals surface area contributed by atoms with E-state index in [-0.39, 0.29) is 18.6 Å². The summed E-state index contributed by atoms with van der Waals surface area (Å²) in [5, 5.41) is 3.70. The van der Waals surface area contributed by atoms with Crippen LogP contribution in [0.15, 0.2) is 53.4 Å². The molecule has 1 aliphatic rings. The van der Waals surface area contributed by atoms with Crippen LogP contribution in [0.1, 0.15) is 18.0 Å². The van der Waals surface area contributed by atoms with E-state index in [0.29, 0.717) is 10.8 Å². The average Bonchev–Trinajstić information content (AvgIpc) is 2.55. The van der Waals surface area contributed by atoms with E-state index in [1.807, 2.05) is 23.9 Å². The Bertz CT molecular complexity index is 660. The van der Waals surface area contributed by atoms with Crippen molar-refractivity contribution in [2.24, 2.45) is 0 Å². The lowest BCUT2D eigenvalue weighted by Crippen LogP contribution is -2.34. The number of ether oxygens (including phenoxy) is 1. The van der Waals surface area contributed by atoms with Crippen LogP contribution in [-0.4, -0.2) is 18.3 Å². The van der Waals surface area contributed by atoms with Gasteiger partial charge in [-0.3, -0.25) is 4.79 Å². The smallest absolute Gasteiger partial charge is 0.258 e. The number of hydrogen-bond acceptors (Lipinski definition) is 3. The third-order valence-electron chi connectivity index (χ3n) is 3.48. The molecule has 114 valence electrons. The summed E-state index contributed by atoms with van der Waals surface area (Å²) in [6, 6.07) is 15.3. The number of thioether (sulfide) groups is 1. The van der Waals surface area contributed by atoms with E-state index in [9.17, 15) is 4.79 Å². The van der Waals surface area contributed by atoms with E-state index >= 15 is 0 Å². The van der Waals surface area contributed by atoms with Gasteiger partial charge in [-0.1, -0.05) is 29.8 Å². The first-order valence-corrected chi connectivity index (χ1v) is 8.48. The number of hydrogen-bond donors (Lipinski definition) is 1. The van der Waals surface area contributed by atoms with Crippen molar-refractivity contribution in [3.63, 3.8) is 0 Å². The van der Waals surface area contributed by atoms with E-state index in [1.165, 1.54) is 10.5 Å². The highest BCUT2D eigenvalue weighted by atomic mass is 35.5. The van der Waals surface area contributed by atoms with Crippen LogP contribution in [0, 0.1) is 0 Å². The summed E-state index contributed by atoms with van der Waals surface area (Å²) in [6.07, 6.45) is 0.939. The van der Waals surface area contributed by atoms with Crippen molar-refractivity contribution in [2.45, 2.75) is 17.4 Å². The van der Waals surface area contributed by atoms with Crippen LogP contribution >= 0.6 is 23.4 Å². The van der Waals surface area contributed by atoms with Crippen molar-refractivity contribution in [1.82, 2.24) is 5.32 Å². The van der Waals surface area contributed by atoms with Crippen LogP contribution in [0.2, 0.25) is 5.02 Å². The summed E-state index contributed by atoms with van der Waals surface area (Å²) < 4.78 is 5.48. The predicted octanol–water partition coefficient (Wildman–Crippen LogP) is 4.07. The molecular weight excluding hydrogens is 318 g/mol. The number of nitrogens with one attached hydrogen (secondary N) is 1. The lowest BCUT2D eigenvalue weighted by Gasteiger charge is -2.25. The first kappa shape index (κ1) is 15.3. The number of amides is 1. The Morgan fingerprint density at radius 2 is 2.00 bits per heavy atom. The molecule has 3 nitrogen and oxygen atoms in total. The molecule has 0 aliphatic carbocycles. The minimum atomic E-state index is -0.110. The van der Waals surface area contributed by atoms with E-state index in [0.717, 1.165) is 12.2 Å². The SMILES string of the molecule is O=C(COc1ccc(Cl)cc1)N[C@@H]1CCSc2ccccc21. The van der Waals surface area contributed by atoms with Gasteiger partial charge >= 0.3 is 0 Å². The maximum absolute atomic E-state index is 12.1. The molecule has 0 radical (unpaired) electrons. The van der Waals surface area contributed by atoms with Crippen molar-refractivity contribution in [3.8, 4) is 5.75 Å². The normalized spacial score (nSPS) is 16.7. The fourth-order valence-corrected chi connectivity index (χ4v) is 3.66. The Morgan fingerprint density at radius 3 is 2.82 bits per heavy atom. The van der Waals surface area contributed by atoms with E-state index in [1.54, 1.807) is 24.3 Å². The third kappa shape index (κ3) is 3.76. The molecule has 2 aromatic carbocycles. The van der Waals surface area contributed by atoms with Gasteiger partial charge in [0.05, 0.1) is 6.04 Å². The van der Waals surface area contributed by atoms with Gasteiger partial charge in [-0.05, 0) is 42.3 Å². The zero-order valence-electron chi connectivity index (χ0n) is 11.9. The number of rotatable bonds is 4. The van der Waals surface area contributed by atoms with Crippen molar-refractivity contribution in [2.75, 3.05) is 12.4 Å². The van der Waals surface area contributed by atoms with Gasteiger partial charge in [0.25, 0.3) is 5.91 Å². The van der Waals surface area contributed by atoms with Crippen molar-refractivity contribution < 1.29 is 9.53 Å². The second-order valence-corrected chi connectivity index (χ2v) is 6.61. The van der Waals surface area contributed by atoms with Crippen molar-refractivity contribution >= 4 is 29.3 Å². The van der Waals surface area contributed by atoms with E-state index in [2.05, 4.69) is 17.4 Å². The molecule has 0 aromatic heterocycles. The van der Waals surface area contributed by atoms with Gasteiger partial charge in [0.1, 0.15) is 5.75 Å². The Balaban J connectivity index is 1.57. The summed E-state index contributed by atoms with van der Waals surface area (Å²) in [5.41, 5.74) is 1.19. The van der Waals surface area contributed by atoms with Crippen LogP contribution < -0.4 is 10.1 Å². The standard InChI is InChI=1S/C17H16ClNO2S/c18-12-5-7-13(8-6-12)21-11-17(20)19-15-9-10-22-16-4-2-1-3-14(15)16/h1-8,15H,9-11H2,(H,19,20)/t15-/m1/s1. The molecule has 1 aliphatic heterocycles. The van der Waals surface area contributed by atoms with Crippen LogP contribution in [0.4, 0.5) is 0 Å². The second-order valence-electron chi connectivity index (χ2n) is 5.04. The average molecular weight is 334 g/mol. The number of fused-ring (bicyclic) bond motifs is 1. The molecule has 0 spiro atoms. The Hall–Kier alpha value is -1.65. The summed E-state index contributed by atoms with van der Waals surface area (Å²) in [5.74, 6) is 1.54. The Morgan fingerprint density at radius 1 is 1.23 bits per heavy atom. The summed E-state index contributed by atoms with van der Waals surface area (Å²) in [7, 11) is 0. The fourth-order valence-electron chi connectivity index (χ4n) is 2.41. The number of halogens is 1. The molecule has 0 unspecified atom stereocenters. The molecule has 5 heteroatoms. The van der Waals surface area contributed by atoms with Gasteiger partial charge in [0.15, 0.2) is 6.61 Å². The van der Waals surface area contributed by atoms with Gasteiger partial charge in [0.2, 0.25) is 0 Å². The van der Waals surface area contributed by atoms with Crippen LogP contribution in [0.3, 0.4) is 0 Å². The van der Waals surface area contributed by atoms with Gasteiger partial charge in [-0.15, -0.1) is 11.8 Å². The highest BCUT2D eigenvalue weighted by Gasteiger charge is 2.21. The lowest BCUT2D eigenvalue weighted by atomic mass is 10.0. The zero-order valence-corrected chi connectivity index (χ0v) is 13.5. The number of carbonyl (C=O) groups excluding carboxylic acids is 1. The molecule has 0 saturated carbocycles. The number of benzene rings is 2. The Kier molecular flexibility index (Phi) is 4.90. The van der Waals surface area contributed by atoms with Gasteiger partial charge in [0, 0.05) is 15.7 Å². The third-order valence-corrected chi connectivity index (χ3v) is 4.85. The molecule has 22 heavy (non-hydrogen) atoms. The molecule has 3 rings (SSSR count). The monoisotopic (exact) mass is 333 g/mol. The zero-order chi connectivity index (χ0) is 15.4. The topological polar surface area (TPSA) is 38.3 Å². The summed E-state index contributed by atoms with van der Waals surface area (Å²) in [4.78, 5) is 13.3. The molecule has 2 aromatic rings. The maximum atomic E-state index is 12.1. The first-order chi connectivity index (χ1) is 10.7. The van der Waals surface area contributed by atoms with E-state index < -0.39 is 0 Å². The molecule has 1 atom stereocenters. The first-order valence-electron chi connectivity index (χ1n) is 7.12. The molecular formula is C17H16ClNO2S. The van der Waals surface area contributed by atoms with Gasteiger partial charge in [-0.2, -0.15) is 0 Å². The molecule has 0 saturated heterocycles. The fraction of sp³-hybridized carbons (Fsp3) is 0.235. The van der Waals surface area contributed by atoms with Gasteiger partial charge < -0.3 is 10.1 Å². The van der Waals surface area contributed by atoms with Crippen LogP contribution in [0.5, 0.6) is 5.75 Å².